The van der Waals surface area contributed by atoms with E-state index < -0.39 is 58.0 Å². The number of pyridine rings is 1. The molecular formula is C27H27N3O7. The average Bonchev–Trinajstić information content (AvgIpc) is 2.81. The molecule has 6 N–H and O–H groups in total. The average molecular weight is 506 g/mol. The molecule has 0 aliphatic heterocycles. The van der Waals surface area contributed by atoms with E-state index in [0.717, 1.165) is 11.1 Å². The summed E-state index contributed by atoms with van der Waals surface area (Å²) in [6, 6.07) is 3.91. The third-order valence-electron chi connectivity index (χ3n) is 7.79. The van der Waals surface area contributed by atoms with Crippen molar-refractivity contribution in [2.75, 3.05) is 14.1 Å². The number of fused-ring (bicyclic) bond motifs is 3. The number of Topliss-reactive ketones (excluding diaryl/α,β-unsaturated/α-hetero) is 2. The number of rotatable bonds is 3. The van der Waals surface area contributed by atoms with Gasteiger partial charge in [0.25, 0.3) is 5.91 Å². The fraction of sp³-hybridized carbons (Fsp3) is 0.333. The molecule has 10 nitrogen and oxygen atoms in total. The molecule has 0 spiro atoms. The maximum Gasteiger partial charge on any atom is 0.255 e. The summed E-state index contributed by atoms with van der Waals surface area (Å²) < 4.78 is 0. The number of aliphatic hydroxyl groups is 3. The van der Waals surface area contributed by atoms with Crippen LogP contribution in [0.2, 0.25) is 0 Å². The molecule has 1 amide bonds. The lowest BCUT2D eigenvalue weighted by atomic mass is 9.57. The van der Waals surface area contributed by atoms with Crippen molar-refractivity contribution in [1.29, 1.82) is 0 Å². The molecule has 1 aromatic heterocycles. The van der Waals surface area contributed by atoms with Crippen molar-refractivity contribution < 1.29 is 34.8 Å². The number of carbonyl (C=O) groups excluding carboxylic acids is 3. The first-order chi connectivity index (χ1) is 17.4. The van der Waals surface area contributed by atoms with Crippen LogP contribution >= 0.6 is 0 Å². The topological polar surface area (TPSA) is 174 Å². The standard InChI is InChI=1S/C27H27N3O7/c1-11-6-13(10-29-9-11)14-4-5-17(31)19-15(14)7-12-8-16-21(30(2)3)23(33)20(26(28)36)25(35)27(16,37)24(34)18(12)22(19)32/h4-6,9-10,12,16,21,31-32,35,37H,7-8H2,1-3H3,(H2,28,36)/t12-,16-,21-,27-/m1/s1. The van der Waals surface area contributed by atoms with Gasteiger partial charge in [-0.05, 0) is 68.6 Å². The molecule has 4 atom stereocenters. The summed E-state index contributed by atoms with van der Waals surface area (Å²) >= 11 is 0. The minimum absolute atomic E-state index is 0.0346. The summed E-state index contributed by atoms with van der Waals surface area (Å²) in [6.45, 7) is 1.89. The van der Waals surface area contributed by atoms with Crippen LogP contribution in [0.3, 0.4) is 0 Å². The second-order valence-corrected chi connectivity index (χ2v) is 10.2. The first-order valence-electron chi connectivity index (χ1n) is 11.8. The molecule has 0 bridgehead atoms. The lowest BCUT2D eigenvalue weighted by Crippen LogP contribution is -2.65. The maximum atomic E-state index is 13.9. The predicted octanol–water partition coefficient (Wildman–Crippen LogP) is 1.33. The number of nitrogens with zero attached hydrogens (tertiary/aromatic N) is 2. The third kappa shape index (κ3) is 3.32. The van der Waals surface area contributed by atoms with Gasteiger partial charge in [-0.15, -0.1) is 0 Å². The minimum atomic E-state index is -2.65. The van der Waals surface area contributed by atoms with Gasteiger partial charge in [-0.3, -0.25) is 24.3 Å². The molecule has 1 aromatic carbocycles. The minimum Gasteiger partial charge on any atom is -0.508 e. The van der Waals surface area contributed by atoms with Crippen molar-refractivity contribution in [2.45, 2.75) is 31.4 Å². The van der Waals surface area contributed by atoms with Gasteiger partial charge in [-0.2, -0.15) is 0 Å². The normalized spacial score (nSPS) is 27.2. The highest BCUT2D eigenvalue weighted by Crippen LogP contribution is 2.53. The Morgan fingerprint density at radius 1 is 1.16 bits per heavy atom. The Kier molecular flexibility index (Phi) is 5.50. The molecule has 3 aliphatic rings. The van der Waals surface area contributed by atoms with Crippen molar-refractivity contribution in [2.24, 2.45) is 17.6 Å². The van der Waals surface area contributed by atoms with Gasteiger partial charge in [0.1, 0.15) is 22.8 Å². The Labute approximate surface area is 212 Å². The second-order valence-electron chi connectivity index (χ2n) is 10.2. The maximum absolute atomic E-state index is 13.9. The van der Waals surface area contributed by atoms with E-state index in [1.165, 1.54) is 11.0 Å². The monoisotopic (exact) mass is 505 g/mol. The number of aromatic hydroxyl groups is 1. The molecule has 0 unspecified atom stereocenters. The fourth-order valence-electron chi connectivity index (χ4n) is 6.22. The number of carbonyl (C=O) groups is 3. The van der Waals surface area contributed by atoms with Gasteiger partial charge in [0.2, 0.25) is 5.78 Å². The van der Waals surface area contributed by atoms with E-state index in [-0.39, 0.29) is 29.7 Å². The van der Waals surface area contributed by atoms with Gasteiger partial charge in [-0.25, -0.2) is 0 Å². The van der Waals surface area contributed by atoms with Gasteiger partial charge >= 0.3 is 0 Å². The van der Waals surface area contributed by atoms with Crippen molar-refractivity contribution in [3.05, 3.63) is 64.2 Å². The Morgan fingerprint density at radius 3 is 2.49 bits per heavy atom. The number of aromatic nitrogens is 1. The van der Waals surface area contributed by atoms with Gasteiger partial charge in [0.15, 0.2) is 11.4 Å². The summed E-state index contributed by atoms with van der Waals surface area (Å²) in [7, 11) is 3.13. The van der Waals surface area contributed by atoms with Crippen LogP contribution in [0.25, 0.3) is 16.9 Å². The van der Waals surface area contributed by atoms with Crippen molar-refractivity contribution >= 4 is 23.2 Å². The molecule has 2 aromatic rings. The molecule has 1 fully saturated rings. The number of primary amides is 1. The highest BCUT2D eigenvalue weighted by Gasteiger charge is 2.64. The number of hydrogen-bond donors (Lipinski definition) is 5. The highest BCUT2D eigenvalue weighted by molar-refractivity contribution is 6.24. The quantitative estimate of drug-likeness (QED) is 0.386. The van der Waals surface area contributed by atoms with Gasteiger partial charge in [-0.1, -0.05) is 6.07 Å². The van der Waals surface area contributed by atoms with Crippen LogP contribution in [-0.2, 0) is 20.8 Å². The highest BCUT2D eigenvalue weighted by atomic mass is 16.3. The molecule has 1 saturated carbocycles. The number of amides is 1. The molecular weight excluding hydrogens is 478 g/mol. The van der Waals surface area contributed by atoms with Gasteiger partial charge in [0.05, 0.1) is 11.6 Å². The van der Waals surface area contributed by atoms with Crippen LogP contribution in [0.15, 0.2) is 47.5 Å². The molecule has 0 saturated heterocycles. The van der Waals surface area contributed by atoms with E-state index in [4.69, 9.17) is 5.73 Å². The van der Waals surface area contributed by atoms with E-state index in [0.29, 0.717) is 11.1 Å². The third-order valence-corrected chi connectivity index (χ3v) is 7.79. The number of benzene rings is 1. The Balaban J connectivity index is 1.75. The van der Waals surface area contributed by atoms with Crippen LogP contribution < -0.4 is 5.73 Å². The molecule has 0 radical (unpaired) electrons. The SMILES string of the molecule is Cc1cncc(-c2ccc(O)c3c2C[C@@H]2C[C@@H]4[C@@H](N(C)C)C(=O)C(C(N)=O)=C(O)[C@]4(O)C(=O)C2=C3O)c1. The molecule has 37 heavy (non-hydrogen) atoms. The zero-order chi connectivity index (χ0) is 27.0. The number of hydrogen-bond acceptors (Lipinski definition) is 9. The van der Waals surface area contributed by atoms with E-state index in [1.807, 2.05) is 13.0 Å². The summed E-state index contributed by atoms with van der Waals surface area (Å²) in [6.07, 6.45) is 3.62. The van der Waals surface area contributed by atoms with Crippen LogP contribution in [0.4, 0.5) is 0 Å². The molecule has 192 valence electrons. The van der Waals surface area contributed by atoms with Crippen LogP contribution in [-0.4, -0.2) is 73.5 Å². The smallest absolute Gasteiger partial charge is 0.255 e. The molecule has 5 rings (SSSR count). The van der Waals surface area contributed by atoms with Crippen LogP contribution in [0, 0.1) is 18.8 Å². The summed E-state index contributed by atoms with van der Waals surface area (Å²) in [5, 5.41) is 44.6. The number of nitrogens with two attached hydrogens (primary N) is 1. The van der Waals surface area contributed by atoms with Crippen molar-refractivity contribution in [3.63, 3.8) is 0 Å². The van der Waals surface area contributed by atoms with Gasteiger partial charge in [0, 0.05) is 29.4 Å². The fourth-order valence-corrected chi connectivity index (χ4v) is 6.22. The zero-order valence-electron chi connectivity index (χ0n) is 20.5. The van der Waals surface area contributed by atoms with E-state index in [2.05, 4.69) is 4.98 Å². The molecule has 1 heterocycles. The molecule has 10 heteroatoms. The first kappa shape index (κ1) is 24.7. The summed E-state index contributed by atoms with van der Waals surface area (Å²) in [5.41, 5.74) is 4.71. The number of aryl methyl sites for hydroxylation is 1. The Morgan fingerprint density at radius 2 is 1.86 bits per heavy atom. The summed E-state index contributed by atoms with van der Waals surface area (Å²) in [5.74, 6) is -6.72. The Bertz CT molecular complexity index is 1460. The number of phenolic OH excluding ortho intramolecular Hbond substituents is 1. The molecule has 3 aliphatic carbocycles. The number of likely N-dealkylation sites (N-methyl/N-ethyl adjacent to an activating group) is 1. The lowest BCUT2D eigenvalue weighted by molar-refractivity contribution is -0.153. The second kappa shape index (κ2) is 8.25. The largest absolute Gasteiger partial charge is 0.508 e. The number of phenols is 1. The van der Waals surface area contributed by atoms with E-state index in [9.17, 15) is 34.8 Å². The lowest BCUT2D eigenvalue weighted by Gasteiger charge is -2.50. The van der Waals surface area contributed by atoms with E-state index >= 15 is 0 Å². The number of aliphatic hydroxyl groups excluding tert-OH is 2. The Hall–Kier alpha value is -4.02. The van der Waals surface area contributed by atoms with Crippen LogP contribution in [0.1, 0.15) is 23.1 Å². The van der Waals surface area contributed by atoms with Gasteiger partial charge < -0.3 is 26.2 Å². The van der Waals surface area contributed by atoms with Crippen molar-refractivity contribution in [1.82, 2.24) is 9.88 Å². The van der Waals surface area contributed by atoms with Crippen molar-refractivity contribution in [3.8, 4) is 16.9 Å². The number of ketones is 2. The van der Waals surface area contributed by atoms with Crippen LogP contribution in [0.5, 0.6) is 5.75 Å². The first-order valence-corrected chi connectivity index (χ1v) is 11.8. The zero-order valence-corrected chi connectivity index (χ0v) is 20.5. The summed E-state index contributed by atoms with van der Waals surface area (Å²) in [4.78, 5) is 44.8. The van der Waals surface area contributed by atoms with E-state index in [1.54, 1.807) is 32.6 Å². The predicted molar refractivity (Wildman–Crippen MR) is 132 cm³/mol.